The number of likely N-dealkylation sites (tertiary alicyclic amines) is 2. The van der Waals surface area contributed by atoms with Gasteiger partial charge in [-0.25, -0.2) is 4.39 Å². The highest BCUT2D eigenvalue weighted by Gasteiger charge is 2.47. The molecule has 2 aliphatic rings. The van der Waals surface area contributed by atoms with Crippen LogP contribution in [0.25, 0.3) is 5.76 Å². The number of nitrogens with zero attached hydrogens (tertiary/aromatic N) is 2. The van der Waals surface area contributed by atoms with Crippen LogP contribution in [-0.4, -0.2) is 67.0 Å². The van der Waals surface area contributed by atoms with Crippen molar-refractivity contribution in [3.63, 3.8) is 0 Å². The van der Waals surface area contributed by atoms with E-state index in [9.17, 15) is 19.1 Å². The van der Waals surface area contributed by atoms with E-state index in [1.165, 1.54) is 43.4 Å². The number of ether oxygens (including phenoxy) is 2. The van der Waals surface area contributed by atoms with Gasteiger partial charge in [-0.1, -0.05) is 12.1 Å². The molecule has 174 valence electrons. The Kier molecular flexibility index (Phi) is 6.65. The van der Waals surface area contributed by atoms with Gasteiger partial charge in [0.05, 0.1) is 25.8 Å². The number of aliphatic hydroxyl groups excluding tert-OH is 1. The van der Waals surface area contributed by atoms with Gasteiger partial charge in [0.25, 0.3) is 11.7 Å². The molecule has 1 amide bonds. The summed E-state index contributed by atoms with van der Waals surface area (Å²) in [6, 6.07) is 9.48. The van der Waals surface area contributed by atoms with Crippen molar-refractivity contribution in [3.8, 4) is 11.5 Å². The Labute approximate surface area is 192 Å². The lowest BCUT2D eigenvalue weighted by atomic mass is 9.94. The summed E-state index contributed by atoms with van der Waals surface area (Å²) in [7, 11) is 2.99. The van der Waals surface area contributed by atoms with Crippen molar-refractivity contribution >= 4 is 17.4 Å². The molecular weight excluding hydrogens is 427 g/mol. The molecule has 2 aromatic rings. The van der Waals surface area contributed by atoms with Crippen molar-refractivity contribution < 1.29 is 28.6 Å². The van der Waals surface area contributed by atoms with Crippen LogP contribution in [0.2, 0.25) is 0 Å². The number of hydrogen-bond donors (Lipinski definition) is 1. The van der Waals surface area contributed by atoms with Crippen molar-refractivity contribution in [2.24, 2.45) is 0 Å². The summed E-state index contributed by atoms with van der Waals surface area (Å²) >= 11 is 0. The monoisotopic (exact) mass is 454 g/mol. The summed E-state index contributed by atoms with van der Waals surface area (Å²) < 4.78 is 24.4. The molecule has 0 radical (unpaired) electrons. The van der Waals surface area contributed by atoms with Crippen molar-refractivity contribution in [1.29, 1.82) is 0 Å². The van der Waals surface area contributed by atoms with E-state index in [2.05, 4.69) is 4.90 Å². The number of benzene rings is 2. The number of aliphatic hydroxyl groups is 1. The van der Waals surface area contributed by atoms with Gasteiger partial charge in [-0.3, -0.25) is 9.59 Å². The van der Waals surface area contributed by atoms with Gasteiger partial charge in [0.15, 0.2) is 11.5 Å². The minimum atomic E-state index is -0.872. The fraction of sp³-hybridized carbons (Fsp3) is 0.360. The molecule has 0 spiro atoms. The fourth-order valence-corrected chi connectivity index (χ4v) is 4.58. The predicted octanol–water partition coefficient (Wildman–Crippen LogP) is 3.36. The molecule has 0 aliphatic carbocycles. The molecule has 1 N–H and O–H groups in total. The number of Topliss-reactive ketones (excluding diaryl/α,β-unsaturated/α-hetero) is 1. The first kappa shape index (κ1) is 22.8. The van der Waals surface area contributed by atoms with E-state index in [1.807, 2.05) is 0 Å². The second-order valence-corrected chi connectivity index (χ2v) is 8.13. The van der Waals surface area contributed by atoms with Crippen LogP contribution in [0, 0.1) is 5.82 Å². The van der Waals surface area contributed by atoms with Crippen LogP contribution in [0.3, 0.4) is 0 Å². The smallest absolute Gasteiger partial charge is 0.295 e. The van der Waals surface area contributed by atoms with Gasteiger partial charge in [-0.05, 0) is 56.3 Å². The molecule has 2 fully saturated rings. The lowest BCUT2D eigenvalue weighted by molar-refractivity contribution is -0.140. The Hall–Kier alpha value is -3.39. The number of carbonyl (C=O) groups is 2. The number of hydrogen-bond acceptors (Lipinski definition) is 6. The number of halogens is 1. The Morgan fingerprint density at radius 2 is 1.73 bits per heavy atom. The van der Waals surface area contributed by atoms with Gasteiger partial charge in [-0.15, -0.1) is 0 Å². The van der Waals surface area contributed by atoms with E-state index in [0.717, 1.165) is 25.9 Å². The Bertz CT molecular complexity index is 1080. The van der Waals surface area contributed by atoms with Crippen LogP contribution < -0.4 is 9.47 Å². The van der Waals surface area contributed by atoms with Gasteiger partial charge < -0.3 is 24.4 Å². The summed E-state index contributed by atoms with van der Waals surface area (Å²) in [5.41, 5.74) is 0.724. The van der Waals surface area contributed by atoms with Crippen molar-refractivity contribution in [2.75, 3.05) is 40.4 Å². The van der Waals surface area contributed by atoms with Crippen LogP contribution in [0.5, 0.6) is 11.5 Å². The van der Waals surface area contributed by atoms with Crippen LogP contribution in [0.4, 0.5) is 4.39 Å². The van der Waals surface area contributed by atoms with Crippen LogP contribution in [0.1, 0.15) is 30.0 Å². The molecular formula is C25H27FN2O5. The van der Waals surface area contributed by atoms with Crippen molar-refractivity contribution in [3.05, 3.63) is 65.0 Å². The maximum Gasteiger partial charge on any atom is 0.295 e. The van der Waals surface area contributed by atoms with Gasteiger partial charge in [0, 0.05) is 24.2 Å². The third-order valence-electron chi connectivity index (χ3n) is 6.24. The number of para-hydroxylation sites is 1. The van der Waals surface area contributed by atoms with Crippen LogP contribution >= 0.6 is 0 Å². The summed E-state index contributed by atoms with van der Waals surface area (Å²) in [6.07, 6.45) is 2.22. The predicted molar refractivity (Wildman–Crippen MR) is 121 cm³/mol. The number of rotatable bonds is 7. The zero-order chi connectivity index (χ0) is 23.5. The third kappa shape index (κ3) is 4.30. The first-order valence-electron chi connectivity index (χ1n) is 10.9. The van der Waals surface area contributed by atoms with E-state index in [1.54, 1.807) is 18.2 Å². The van der Waals surface area contributed by atoms with E-state index < -0.39 is 23.5 Å². The molecule has 8 heteroatoms. The standard InChI is InChI=1S/C25H27FN2O5/c1-32-19-7-5-6-18(24(19)33-2)21-20(22(29)16-8-10-17(26)11-9-16)23(30)25(31)28(21)15-14-27-12-3-4-13-27/h5-11,21,29H,3-4,12-15H2,1-2H3/b22-20+. The molecule has 0 saturated carbocycles. The Morgan fingerprint density at radius 3 is 2.36 bits per heavy atom. The molecule has 1 atom stereocenters. The zero-order valence-corrected chi connectivity index (χ0v) is 18.7. The van der Waals surface area contributed by atoms with Gasteiger partial charge in [0.2, 0.25) is 0 Å². The lowest BCUT2D eigenvalue weighted by Gasteiger charge is -2.28. The Morgan fingerprint density at radius 1 is 1.03 bits per heavy atom. The summed E-state index contributed by atoms with van der Waals surface area (Å²) in [5.74, 6) is -1.47. The van der Waals surface area contributed by atoms with E-state index in [4.69, 9.17) is 9.47 Å². The fourth-order valence-electron chi connectivity index (χ4n) is 4.58. The van der Waals surface area contributed by atoms with E-state index in [0.29, 0.717) is 30.2 Å². The average molecular weight is 454 g/mol. The molecule has 1 unspecified atom stereocenters. The quantitative estimate of drug-likeness (QED) is 0.393. The first-order valence-corrected chi connectivity index (χ1v) is 10.9. The maximum absolute atomic E-state index is 13.4. The number of ketones is 1. The highest BCUT2D eigenvalue weighted by Crippen LogP contribution is 2.45. The third-order valence-corrected chi connectivity index (χ3v) is 6.24. The highest BCUT2D eigenvalue weighted by molar-refractivity contribution is 6.46. The minimum absolute atomic E-state index is 0.0559. The number of carbonyl (C=O) groups excluding carboxylic acids is 2. The summed E-state index contributed by atoms with van der Waals surface area (Å²) in [6.45, 7) is 2.83. The number of methoxy groups -OCH3 is 2. The molecule has 2 aliphatic heterocycles. The normalized spacial score (nSPS) is 20.5. The zero-order valence-electron chi connectivity index (χ0n) is 18.7. The molecule has 2 heterocycles. The molecule has 7 nitrogen and oxygen atoms in total. The van der Waals surface area contributed by atoms with Crippen LogP contribution in [0.15, 0.2) is 48.0 Å². The summed E-state index contributed by atoms with van der Waals surface area (Å²) in [5, 5.41) is 11.1. The second-order valence-electron chi connectivity index (χ2n) is 8.13. The molecule has 2 saturated heterocycles. The Balaban J connectivity index is 1.84. The van der Waals surface area contributed by atoms with E-state index in [-0.39, 0.29) is 16.9 Å². The van der Waals surface area contributed by atoms with Gasteiger partial charge in [0.1, 0.15) is 11.6 Å². The molecule has 33 heavy (non-hydrogen) atoms. The highest BCUT2D eigenvalue weighted by atomic mass is 19.1. The maximum atomic E-state index is 13.4. The van der Waals surface area contributed by atoms with Crippen molar-refractivity contribution in [2.45, 2.75) is 18.9 Å². The second kappa shape index (κ2) is 9.62. The van der Waals surface area contributed by atoms with Crippen molar-refractivity contribution in [1.82, 2.24) is 9.80 Å². The largest absolute Gasteiger partial charge is 0.507 e. The van der Waals surface area contributed by atoms with Crippen LogP contribution in [-0.2, 0) is 9.59 Å². The topological polar surface area (TPSA) is 79.3 Å². The minimum Gasteiger partial charge on any atom is -0.507 e. The lowest BCUT2D eigenvalue weighted by Crippen LogP contribution is -2.37. The summed E-state index contributed by atoms with van der Waals surface area (Å²) in [4.78, 5) is 30.0. The SMILES string of the molecule is COc1cccc(C2/C(=C(\O)c3ccc(F)cc3)C(=O)C(=O)N2CCN2CCCC2)c1OC. The molecule has 0 aromatic heterocycles. The van der Waals surface area contributed by atoms with Gasteiger partial charge >= 0.3 is 0 Å². The average Bonchev–Trinajstić information content (AvgIpc) is 3.43. The first-order chi connectivity index (χ1) is 16.0. The number of amides is 1. The molecule has 2 aromatic carbocycles. The molecule has 0 bridgehead atoms. The van der Waals surface area contributed by atoms with E-state index >= 15 is 0 Å². The molecule has 4 rings (SSSR count). The van der Waals surface area contributed by atoms with Gasteiger partial charge in [-0.2, -0.15) is 0 Å².